The number of carbonyl (C=O) groups is 1. The average Bonchev–Trinajstić information content (AvgIpc) is 3.58. The highest BCUT2D eigenvalue weighted by Gasteiger charge is 2.36. The molecule has 160 valence electrons. The molecule has 0 radical (unpaired) electrons. The molecular weight excluding hydrogens is 443 g/mol. The summed E-state index contributed by atoms with van der Waals surface area (Å²) in [5.74, 6) is 0.279. The Morgan fingerprint density at radius 3 is 1.97 bits per heavy atom. The fraction of sp³-hybridized carbons (Fsp3) is 0.409. The van der Waals surface area contributed by atoms with E-state index in [4.69, 9.17) is 23.2 Å². The molecule has 2 fully saturated rings. The Bertz CT molecular complexity index is 998. The molecule has 1 amide bonds. The SMILES string of the molecule is O=C(NC(c1ccc(Cl)cc1)C1CC1)C1CCN(S(=O)(=O)c2ccc(Cl)cc2)CC1. The van der Waals surface area contributed by atoms with Crippen LogP contribution in [0.5, 0.6) is 0 Å². The van der Waals surface area contributed by atoms with Crippen molar-refractivity contribution in [2.75, 3.05) is 13.1 Å². The van der Waals surface area contributed by atoms with Crippen LogP contribution >= 0.6 is 23.2 Å². The lowest BCUT2D eigenvalue weighted by molar-refractivity contribution is -0.127. The Kier molecular flexibility index (Phi) is 6.39. The summed E-state index contributed by atoms with van der Waals surface area (Å²) in [5.41, 5.74) is 1.07. The molecule has 0 aromatic heterocycles. The molecule has 1 aliphatic carbocycles. The molecule has 0 spiro atoms. The number of sulfonamides is 1. The molecule has 1 unspecified atom stereocenters. The molecule has 1 saturated heterocycles. The molecule has 4 rings (SSSR count). The van der Waals surface area contributed by atoms with Gasteiger partial charge in [-0.15, -0.1) is 0 Å². The third kappa shape index (κ3) is 4.83. The normalized spacial score (nSPS) is 19.4. The van der Waals surface area contributed by atoms with Gasteiger partial charge in [0.1, 0.15) is 0 Å². The monoisotopic (exact) mass is 466 g/mol. The minimum Gasteiger partial charge on any atom is -0.349 e. The third-order valence-corrected chi connectivity index (χ3v) is 8.31. The molecule has 1 atom stereocenters. The molecular formula is C22H24Cl2N2O3S. The van der Waals surface area contributed by atoms with Crippen LogP contribution in [-0.4, -0.2) is 31.7 Å². The molecule has 0 bridgehead atoms. The van der Waals surface area contributed by atoms with Crippen LogP contribution in [-0.2, 0) is 14.8 Å². The number of nitrogens with zero attached hydrogens (tertiary/aromatic N) is 1. The maximum Gasteiger partial charge on any atom is 0.243 e. The molecule has 2 aliphatic rings. The van der Waals surface area contributed by atoms with Gasteiger partial charge in [-0.25, -0.2) is 8.42 Å². The van der Waals surface area contributed by atoms with Gasteiger partial charge < -0.3 is 5.32 Å². The first kappa shape index (κ1) is 21.6. The van der Waals surface area contributed by atoms with E-state index in [1.165, 1.54) is 16.4 Å². The van der Waals surface area contributed by atoms with Crippen LogP contribution in [0.15, 0.2) is 53.4 Å². The second-order valence-electron chi connectivity index (χ2n) is 8.01. The van der Waals surface area contributed by atoms with Crippen molar-refractivity contribution in [3.05, 3.63) is 64.1 Å². The first-order valence-electron chi connectivity index (χ1n) is 10.2. The molecule has 8 heteroatoms. The van der Waals surface area contributed by atoms with Crippen molar-refractivity contribution in [2.45, 2.75) is 36.6 Å². The molecule has 2 aromatic carbocycles. The van der Waals surface area contributed by atoms with Crippen molar-refractivity contribution in [1.29, 1.82) is 0 Å². The highest BCUT2D eigenvalue weighted by molar-refractivity contribution is 7.89. The summed E-state index contributed by atoms with van der Waals surface area (Å²) in [7, 11) is -3.57. The zero-order valence-electron chi connectivity index (χ0n) is 16.4. The van der Waals surface area contributed by atoms with Gasteiger partial charge in [0.15, 0.2) is 0 Å². The van der Waals surface area contributed by atoms with Gasteiger partial charge in [0.05, 0.1) is 10.9 Å². The van der Waals surface area contributed by atoms with E-state index in [0.29, 0.717) is 41.9 Å². The Morgan fingerprint density at radius 2 is 1.43 bits per heavy atom. The Balaban J connectivity index is 1.38. The van der Waals surface area contributed by atoms with Crippen molar-refractivity contribution < 1.29 is 13.2 Å². The maximum atomic E-state index is 12.9. The van der Waals surface area contributed by atoms with Gasteiger partial charge in [-0.05, 0) is 73.6 Å². The molecule has 5 nitrogen and oxygen atoms in total. The van der Waals surface area contributed by atoms with Crippen molar-refractivity contribution >= 4 is 39.1 Å². The van der Waals surface area contributed by atoms with Crippen molar-refractivity contribution in [1.82, 2.24) is 9.62 Å². The van der Waals surface area contributed by atoms with E-state index < -0.39 is 10.0 Å². The first-order valence-corrected chi connectivity index (χ1v) is 12.4. The fourth-order valence-corrected chi connectivity index (χ4v) is 5.68. The topological polar surface area (TPSA) is 66.5 Å². The van der Waals surface area contributed by atoms with Gasteiger partial charge in [-0.1, -0.05) is 35.3 Å². The van der Waals surface area contributed by atoms with Gasteiger partial charge in [0.2, 0.25) is 15.9 Å². The van der Waals surface area contributed by atoms with Crippen LogP contribution in [0.1, 0.15) is 37.3 Å². The summed E-state index contributed by atoms with van der Waals surface area (Å²) in [6.07, 6.45) is 3.23. The number of halogens is 2. The second-order valence-corrected chi connectivity index (χ2v) is 10.8. The van der Waals surface area contributed by atoms with E-state index in [1.807, 2.05) is 24.3 Å². The Labute approximate surface area is 187 Å². The van der Waals surface area contributed by atoms with Crippen molar-refractivity contribution in [3.63, 3.8) is 0 Å². The predicted molar refractivity (Wildman–Crippen MR) is 118 cm³/mol. The van der Waals surface area contributed by atoms with Crippen LogP contribution < -0.4 is 5.32 Å². The summed E-state index contributed by atoms with van der Waals surface area (Å²) in [5, 5.41) is 4.38. The summed E-state index contributed by atoms with van der Waals surface area (Å²) >= 11 is 11.9. The quantitative estimate of drug-likeness (QED) is 0.672. The van der Waals surface area contributed by atoms with Crippen LogP contribution in [0, 0.1) is 11.8 Å². The minimum atomic E-state index is -3.57. The smallest absolute Gasteiger partial charge is 0.243 e. The second kappa shape index (κ2) is 8.87. The van der Waals surface area contributed by atoms with Gasteiger partial charge in [-0.3, -0.25) is 4.79 Å². The first-order chi connectivity index (χ1) is 14.3. The van der Waals surface area contributed by atoms with E-state index in [0.717, 1.165) is 18.4 Å². The van der Waals surface area contributed by atoms with Crippen molar-refractivity contribution in [2.24, 2.45) is 11.8 Å². The van der Waals surface area contributed by atoms with Crippen molar-refractivity contribution in [3.8, 4) is 0 Å². The van der Waals surface area contributed by atoms with Gasteiger partial charge in [0, 0.05) is 29.1 Å². The number of rotatable bonds is 6. The Hall–Kier alpha value is -1.60. The number of benzene rings is 2. The summed E-state index contributed by atoms with van der Waals surface area (Å²) in [6, 6.07) is 13.8. The van der Waals surface area contributed by atoms with Gasteiger partial charge in [0.25, 0.3) is 0 Å². The van der Waals surface area contributed by atoms with Gasteiger partial charge in [-0.2, -0.15) is 4.31 Å². The van der Waals surface area contributed by atoms with Gasteiger partial charge >= 0.3 is 0 Å². The van der Waals surface area contributed by atoms with E-state index in [2.05, 4.69) is 5.32 Å². The molecule has 1 saturated carbocycles. The number of carbonyl (C=O) groups excluding carboxylic acids is 1. The number of piperidine rings is 1. The zero-order valence-corrected chi connectivity index (χ0v) is 18.8. The maximum absolute atomic E-state index is 12.9. The predicted octanol–water partition coefficient (Wildman–Crippen LogP) is 4.66. The van der Waals surface area contributed by atoms with Crippen LogP contribution in [0.3, 0.4) is 0 Å². The third-order valence-electron chi connectivity index (χ3n) is 5.90. The molecule has 1 aliphatic heterocycles. The van der Waals surface area contributed by atoms with Crippen LogP contribution in [0.4, 0.5) is 0 Å². The summed E-state index contributed by atoms with van der Waals surface area (Å²) in [4.78, 5) is 13.2. The highest BCUT2D eigenvalue weighted by atomic mass is 35.5. The zero-order chi connectivity index (χ0) is 21.3. The lowest BCUT2D eigenvalue weighted by atomic mass is 9.95. The molecule has 2 aromatic rings. The van der Waals surface area contributed by atoms with E-state index in [1.54, 1.807) is 12.1 Å². The largest absolute Gasteiger partial charge is 0.349 e. The average molecular weight is 467 g/mol. The summed E-state index contributed by atoms with van der Waals surface area (Å²) in [6.45, 7) is 0.663. The minimum absolute atomic E-state index is 0.00499. The molecule has 1 heterocycles. The number of amides is 1. The number of nitrogens with one attached hydrogen (secondary N) is 1. The number of hydrogen-bond acceptors (Lipinski definition) is 3. The molecule has 1 N–H and O–H groups in total. The Morgan fingerprint density at radius 1 is 0.900 bits per heavy atom. The molecule has 30 heavy (non-hydrogen) atoms. The van der Waals surface area contributed by atoms with Crippen LogP contribution in [0.2, 0.25) is 10.0 Å². The number of hydrogen-bond donors (Lipinski definition) is 1. The standard InChI is InChI=1S/C22H24Cl2N2O3S/c23-18-5-3-16(4-6-18)21(15-1-2-15)25-22(27)17-11-13-26(14-12-17)30(28,29)20-9-7-19(24)8-10-20/h3-10,15,17,21H,1-2,11-14H2,(H,25,27). The lowest BCUT2D eigenvalue weighted by Crippen LogP contribution is -2.43. The summed E-state index contributed by atoms with van der Waals surface area (Å²) < 4.78 is 27.1. The van der Waals surface area contributed by atoms with E-state index in [-0.39, 0.29) is 22.8 Å². The van der Waals surface area contributed by atoms with E-state index in [9.17, 15) is 13.2 Å². The van der Waals surface area contributed by atoms with Crippen LogP contribution in [0.25, 0.3) is 0 Å². The lowest BCUT2D eigenvalue weighted by Gasteiger charge is -2.31. The fourth-order valence-electron chi connectivity index (χ4n) is 3.96. The van der Waals surface area contributed by atoms with E-state index >= 15 is 0 Å². The highest BCUT2D eigenvalue weighted by Crippen LogP contribution is 2.41.